The van der Waals surface area contributed by atoms with Crippen LogP contribution in [0.1, 0.15) is 12.0 Å². The fourth-order valence-corrected chi connectivity index (χ4v) is 2.63. The molecule has 0 unspecified atom stereocenters. The second kappa shape index (κ2) is 8.85. The highest BCUT2D eigenvalue weighted by atomic mass is 16.5. The predicted molar refractivity (Wildman–Crippen MR) is 105 cm³/mol. The average Bonchev–Trinajstić information content (AvgIpc) is 2.68. The van der Waals surface area contributed by atoms with E-state index in [-0.39, 0.29) is 25.5 Å². The van der Waals surface area contributed by atoms with Crippen molar-refractivity contribution in [1.29, 1.82) is 0 Å². The largest absolute Gasteiger partial charge is 0.493 e. The fraction of sp³-hybridized carbons (Fsp3) is 0.182. The number of hydrogen-bond acceptors (Lipinski definition) is 4. The Kier molecular flexibility index (Phi) is 6.05. The van der Waals surface area contributed by atoms with Crippen molar-refractivity contribution in [3.8, 4) is 5.75 Å². The number of nitrogens with one attached hydrogen (secondary N) is 1. The number of ether oxygens (including phenoxy) is 2. The quantitative estimate of drug-likeness (QED) is 0.642. The smallest absolute Gasteiger partial charge is 0.309 e. The topological polar surface area (TPSA) is 64.6 Å². The Morgan fingerprint density at radius 2 is 1.67 bits per heavy atom. The first-order chi connectivity index (χ1) is 13.1. The highest BCUT2D eigenvalue weighted by molar-refractivity contribution is 6.02. The third-order valence-corrected chi connectivity index (χ3v) is 4.02. The molecule has 5 nitrogen and oxygen atoms in total. The van der Waals surface area contributed by atoms with Crippen molar-refractivity contribution in [2.24, 2.45) is 0 Å². The van der Waals surface area contributed by atoms with Crippen LogP contribution in [0.15, 0.2) is 66.7 Å². The maximum atomic E-state index is 12.1. The SMILES string of the molecule is Cc1ccc(OCCC(=O)OCC(=O)Nc2cccc3ccccc23)cc1. The molecule has 0 saturated carbocycles. The number of esters is 1. The Hall–Kier alpha value is -3.34. The van der Waals surface area contributed by atoms with Gasteiger partial charge in [-0.05, 0) is 30.5 Å². The molecule has 0 radical (unpaired) electrons. The van der Waals surface area contributed by atoms with Crippen LogP contribution in [-0.4, -0.2) is 25.1 Å². The summed E-state index contributed by atoms with van der Waals surface area (Å²) in [6, 6.07) is 21.0. The first-order valence-electron chi connectivity index (χ1n) is 8.74. The Morgan fingerprint density at radius 1 is 0.926 bits per heavy atom. The summed E-state index contributed by atoms with van der Waals surface area (Å²) in [7, 11) is 0. The molecule has 0 atom stereocenters. The van der Waals surface area contributed by atoms with Gasteiger partial charge in [0, 0.05) is 11.1 Å². The van der Waals surface area contributed by atoms with Gasteiger partial charge in [-0.25, -0.2) is 0 Å². The van der Waals surface area contributed by atoms with E-state index in [4.69, 9.17) is 9.47 Å². The van der Waals surface area contributed by atoms with Gasteiger partial charge in [-0.1, -0.05) is 54.1 Å². The summed E-state index contributed by atoms with van der Waals surface area (Å²) < 4.78 is 10.5. The lowest BCUT2D eigenvalue weighted by atomic mass is 10.1. The van der Waals surface area contributed by atoms with Gasteiger partial charge < -0.3 is 14.8 Å². The van der Waals surface area contributed by atoms with Crippen LogP contribution in [-0.2, 0) is 14.3 Å². The van der Waals surface area contributed by atoms with E-state index in [1.165, 1.54) is 0 Å². The number of aryl methyl sites for hydroxylation is 1. The predicted octanol–water partition coefficient (Wildman–Crippen LogP) is 4.10. The van der Waals surface area contributed by atoms with E-state index in [1.807, 2.05) is 73.7 Å². The zero-order chi connectivity index (χ0) is 19.1. The van der Waals surface area contributed by atoms with E-state index >= 15 is 0 Å². The van der Waals surface area contributed by atoms with Gasteiger partial charge in [0.2, 0.25) is 0 Å². The van der Waals surface area contributed by atoms with E-state index < -0.39 is 5.97 Å². The Balaban J connectivity index is 1.43. The van der Waals surface area contributed by atoms with Crippen LogP contribution >= 0.6 is 0 Å². The van der Waals surface area contributed by atoms with Crippen molar-refractivity contribution in [2.75, 3.05) is 18.5 Å². The Morgan fingerprint density at radius 3 is 2.48 bits per heavy atom. The van der Waals surface area contributed by atoms with Crippen LogP contribution in [0, 0.1) is 6.92 Å². The molecule has 0 aliphatic carbocycles. The molecule has 27 heavy (non-hydrogen) atoms. The zero-order valence-corrected chi connectivity index (χ0v) is 15.1. The van der Waals surface area contributed by atoms with E-state index in [2.05, 4.69) is 5.32 Å². The third-order valence-electron chi connectivity index (χ3n) is 4.02. The third kappa shape index (κ3) is 5.31. The van der Waals surface area contributed by atoms with Gasteiger partial charge in [0.1, 0.15) is 5.75 Å². The van der Waals surface area contributed by atoms with Crippen molar-refractivity contribution in [2.45, 2.75) is 13.3 Å². The molecule has 138 valence electrons. The number of carbonyl (C=O) groups is 2. The van der Waals surface area contributed by atoms with Crippen LogP contribution in [0.25, 0.3) is 10.8 Å². The van der Waals surface area contributed by atoms with Crippen molar-refractivity contribution in [3.05, 3.63) is 72.3 Å². The first-order valence-corrected chi connectivity index (χ1v) is 8.74. The molecule has 0 saturated heterocycles. The molecule has 3 rings (SSSR count). The summed E-state index contributed by atoms with van der Waals surface area (Å²) in [5, 5.41) is 4.74. The molecule has 1 amide bonds. The minimum atomic E-state index is -0.477. The highest BCUT2D eigenvalue weighted by Gasteiger charge is 2.10. The molecule has 3 aromatic carbocycles. The maximum Gasteiger partial charge on any atom is 0.309 e. The molecule has 0 aliphatic heterocycles. The molecule has 0 spiro atoms. The molecular formula is C22H21NO4. The van der Waals surface area contributed by atoms with Gasteiger partial charge >= 0.3 is 5.97 Å². The number of hydrogen-bond donors (Lipinski definition) is 1. The summed E-state index contributed by atoms with van der Waals surface area (Å²) in [5.41, 5.74) is 1.83. The minimum absolute atomic E-state index is 0.0788. The number of fused-ring (bicyclic) bond motifs is 1. The number of benzene rings is 3. The summed E-state index contributed by atoms with van der Waals surface area (Å²) in [6.45, 7) is 1.86. The Labute approximate surface area is 157 Å². The van der Waals surface area contributed by atoms with Crippen molar-refractivity contribution in [3.63, 3.8) is 0 Å². The molecule has 0 bridgehead atoms. The summed E-state index contributed by atoms with van der Waals surface area (Å²) >= 11 is 0. The van der Waals surface area contributed by atoms with E-state index in [0.717, 1.165) is 16.3 Å². The average molecular weight is 363 g/mol. The van der Waals surface area contributed by atoms with Gasteiger partial charge in [-0.3, -0.25) is 9.59 Å². The molecular weight excluding hydrogens is 342 g/mol. The summed E-state index contributed by atoms with van der Waals surface area (Å²) in [6.07, 6.45) is 0.0788. The Bertz CT molecular complexity index is 929. The normalized spacial score (nSPS) is 10.4. The van der Waals surface area contributed by atoms with Crippen LogP contribution in [0.3, 0.4) is 0 Å². The second-order valence-corrected chi connectivity index (χ2v) is 6.15. The van der Waals surface area contributed by atoms with Gasteiger partial charge in [0.25, 0.3) is 5.91 Å². The van der Waals surface area contributed by atoms with Crippen molar-refractivity contribution < 1.29 is 19.1 Å². The molecule has 1 N–H and O–H groups in total. The maximum absolute atomic E-state index is 12.1. The van der Waals surface area contributed by atoms with Gasteiger partial charge in [-0.15, -0.1) is 0 Å². The van der Waals surface area contributed by atoms with E-state index in [0.29, 0.717) is 11.4 Å². The molecule has 0 aliphatic rings. The highest BCUT2D eigenvalue weighted by Crippen LogP contribution is 2.22. The number of anilines is 1. The molecule has 0 aromatic heterocycles. The van der Waals surface area contributed by atoms with Crippen LogP contribution in [0.5, 0.6) is 5.75 Å². The van der Waals surface area contributed by atoms with E-state index in [1.54, 1.807) is 0 Å². The number of amides is 1. The molecule has 5 heteroatoms. The molecule has 0 heterocycles. The van der Waals surface area contributed by atoms with Crippen molar-refractivity contribution in [1.82, 2.24) is 0 Å². The van der Waals surface area contributed by atoms with Gasteiger partial charge in [0.15, 0.2) is 6.61 Å². The lowest BCUT2D eigenvalue weighted by Crippen LogP contribution is -2.21. The second-order valence-electron chi connectivity index (χ2n) is 6.15. The standard InChI is InChI=1S/C22H21NO4/c1-16-9-11-18(12-10-16)26-14-13-22(25)27-15-21(24)23-20-8-4-6-17-5-2-3-7-19(17)20/h2-12H,13-15H2,1H3,(H,23,24). The molecule has 3 aromatic rings. The number of rotatable bonds is 7. The minimum Gasteiger partial charge on any atom is -0.493 e. The summed E-state index contributed by atoms with van der Waals surface area (Å²) in [5.74, 6) is -0.156. The first kappa shape index (κ1) is 18.5. The van der Waals surface area contributed by atoms with Crippen LogP contribution < -0.4 is 10.1 Å². The lowest BCUT2D eigenvalue weighted by molar-refractivity contribution is -0.147. The molecule has 0 fully saturated rings. The van der Waals surface area contributed by atoms with Crippen LogP contribution in [0.2, 0.25) is 0 Å². The van der Waals surface area contributed by atoms with Gasteiger partial charge in [-0.2, -0.15) is 0 Å². The summed E-state index contributed by atoms with van der Waals surface area (Å²) in [4.78, 5) is 23.8. The zero-order valence-electron chi connectivity index (χ0n) is 15.1. The monoisotopic (exact) mass is 363 g/mol. The fourth-order valence-electron chi connectivity index (χ4n) is 2.63. The van der Waals surface area contributed by atoms with Crippen molar-refractivity contribution >= 4 is 28.3 Å². The lowest BCUT2D eigenvalue weighted by Gasteiger charge is -2.10. The van der Waals surface area contributed by atoms with E-state index in [9.17, 15) is 9.59 Å². The van der Waals surface area contributed by atoms with Crippen LogP contribution in [0.4, 0.5) is 5.69 Å². The number of carbonyl (C=O) groups excluding carboxylic acids is 2. The van der Waals surface area contributed by atoms with Gasteiger partial charge in [0.05, 0.1) is 13.0 Å².